The Morgan fingerprint density at radius 2 is 1.79 bits per heavy atom. The second-order valence-corrected chi connectivity index (χ2v) is 8.74. The Bertz CT molecular complexity index is 1110. The number of aromatic nitrogens is 3. The van der Waals surface area contributed by atoms with E-state index in [9.17, 15) is 13.2 Å². The minimum atomic E-state index is -3.60. The predicted molar refractivity (Wildman–Crippen MR) is 108 cm³/mol. The van der Waals surface area contributed by atoms with Gasteiger partial charge in [-0.05, 0) is 43.2 Å². The highest BCUT2D eigenvalue weighted by Gasteiger charge is 2.26. The molecular formula is C20H21N5O3S. The first-order chi connectivity index (χ1) is 14.1. The number of anilines is 1. The molecule has 1 N–H and O–H groups in total. The lowest BCUT2D eigenvalue weighted by Gasteiger charge is -2.26. The van der Waals surface area contributed by atoms with Crippen molar-refractivity contribution in [3.05, 3.63) is 66.7 Å². The molecule has 4 rings (SSSR count). The molecule has 0 aliphatic carbocycles. The van der Waals surface area contributed by atoms with Crippen LogP contribution in [-0.4, -0.2) is 46.5 Å². The van der Waals surface area contributed by atoms with Crippen molar-refractivity contribution in [3.63, 3.8) is 0 Å². The molecule has 0 saturated carbocycles. The van der Waals surface area contributed by atoms with Crippen molar-refractivity contribution in [1.29, 1.82) is 0 Å². The van der Waals surface area contributed by atoms with Crippen LogP contribution in [0.3, 0.4) is 0 Å². The van der Waals surface area contributed by atoms with Gasteiger partial charge in [0.15, 0.2) is 0 Å². The van der Waals surface area contributed by atoms with Crippen LogP contribution in [0.25, 0.3) is 5.69 Å². The minimum Gasteiger partial charge on any atom is -0.320 e. The number of hydrogen-bond donors (Lipinski definition) is 1. The third kappa shape index (κ3) is 4.06. The number of hydrogen-bond acceptors (Lipinski definition) is 5. The second kappa shape index (κ2) is 8.14. The summed E-state index contributed by atoms with van der Waals surface area (Å²) in [7, 11) is -3.60. The summed E-state index contributed by atoms with van der Waals surface area (Å²) >= 11 is 0. The Kier molecular flexibility index (Phi) is 5.41. The fourth-order valence-electron chi connectivity index (χ4n) is 3.36. The fourth-order valence-corrected chi connectivity index (χ4v) is 4.92. The highest BCUT2D eigenvalue weighted by Crippen LogP contribution is 2.23. The van der Waals surface area contributed by atoms with Gasteiger partial charge in [-0.15, -0.1) is 0 Å². The van der Waals surface area contributed by atoms with E-state index in [0.29, 0.717) is 24.5 Å². The number of benzene rings is 2. The fraction of sp³-hybridized carbons (Fsp3) is 0.250. The van der Waals surface area contributed by atoms with Crippen LogP contribution in [0.5, 0.6) is 0 Å². The quantitative estimate of drug-likeness (QED) is 0.696. The van der Waals surface area contributed by atoms with Gasteiger partial charge >= 0.3 is 0 Å². The average Bonchev–Trinajstić information content (AvgIpc) is 3.29. The summed E-state index contributed by atoms with van der Waals surface area (Å²) in [5.74, 6) is -0.395. The maximum Gasteiger partial charge on any atom is 0.255 e. The van der Waals surface area contributed by atoms with Crippen molar-refractivity contribution in [2.45, 2.75) is 24.2 Å². The molecule has 0 unspecified atom stereocenters. The van der Waals surface area contributed by atoms with Crippen LogP contribution in [0.15, 0.2) is 66.1 Å². The lowest BCUT2D eigenvalue weighted by Crippen LogP contribution is -2.35. The largest absolute Gasteiger partial charge is 0.320 e. The zero-order chi connectivity index (χ0) is 20.3. The van der Waals surface area contributed by atoms with Crippen LogP contribution in [0.2, 0.25) is 0 Å². The SMILES string of the molecule is O=C(Nc1ccccc1-n1cncn1)c1cccc(S(=O)(=O)N2CCCCC2)c1. The van der Waals surface area contributed by atoms with Crippen molar-refractivity contribution >= 4 is 21.6 Å². The highest BCUT2D eigenvalue weighted by molar-refractivity contribution is 7.89. The molecule has 1 aliphatic rings. The summed E-state index contributed by atoms with van der Waals surface area (Å²) in [6.07, 6.45) is 5.71. The van der Waals surface area contributed by atoms with Crippen LogP contribution in [0.1, 0.15) is 29.6 Å². The van der Waals surface area contributed by atoms with Crippen LogP contribution in [-0.2, 0) is 10.0 Å². The number of sulfonamides is 1. The van der Waals surface area contributed by atoms with E-state index in [0.717, 1.165) is 19.3 Å². The molecule has 29 heavy (non-hydrogen) atoms. The Hall–Kier alpha value is -3.04. The summed E-state index contributed by atoms with van der Waals surface area (Å²) in [6.45, 7) is 1.04. The summed E-state index contributed by atoms with van der Waals surface area (Å²) in [6, 6.07) is 13.3. The molecule has 2 aromatic carbocycles. The summed E-state index contributed by atoms with van der Waals surface area (Å²) in [5, 5.41) is 6.93. The maximum absolute atomic E-state index is 12.9. The van der Waals surface area contributed by atoms with Crippen LogP contribution in [0.4, 0.5) is 5.69 Å². The molecule has 1 amide bonds. The van der Waals surface area contributed by atoms with Crippen molar-refractivity contribution < 1.29 is 13.2 Å². The summed E-state index contributed by atoms with van der Waals surface area (Å²) in [4.78, 5) is 16.9. The number of amides is 1. The Labute approximate surface area is 169 Å². The van der Waals surface area contributed by atoms with Gasteiger partial charge in [0.25, 0.3) is 5.91 Å². The van der Waals surface area contributed by atoms with Gasteiger partial charge in [0.05, 0.1) is 16.3 Å². The number of para-hydroxylation sites is 2. The molecule has 150 valence electrons. The normalized spacial score (nSPS) is 15.2. The molecule has 0 radical (unpaired) electrons. The van der Waals surface area contributed by atoms with Crippen LogP contribution < -0.4 is 5.32 Å². The molecule has 0 atom stereocenters. The summed E-state index contributed by atoms with van der Waals surface area (Å²) < 4.78 is 28.9. The maximum atomic E-state index is 12.9. The number of piperidine rings is 1. The highest BCUT2D eigenvalue weighted by atomic mass is 32.2. The van der Waals surface area contributed by atoms with E-state index in [-0.39, 0.29) is 10.5 Å². The van der Waals surface area contributed by atoms with Crippen molar-refractivity contribution in [1.82, 2.24) is 19.1 Å². The molecule has 1 aliphatic heterocycles. The smallest absolute Gasteiger partial charge is 0.255 e. The molecule has 9 heteroatoms. The summed E-state index contributed by atoms with van der Waals surface area (Å²) in [5.41, 5.74) is 1.49. The van der Waals surface area contributed by atoms with E-state index in [1.807, 2.05) is 12.1 Å². The van der Waals surface area contributed by atoms with E-state index < -0.39 is 15.9 Å². The number of carbonyl (C=O) groups excluding carboxylic acids is 1. The van der Waals surface area contributed by atoms with Gasteiger partial charge in [-0.2, -0.15) is 9.40 Å². The van der Waals surface area contributed by atoms with Gasteiger partial charge in [0.1, 0.15) is 12.7 Å². The van der Waals surface area contributed by atoms with Gasteiger partial charge in [-0.25, -0.2) is 18.1 Å². The van der Waals surface area contributed by atoms with Crippen molar-refractivity contribution in [2.24, 2.45) is 0 Å². The first-order valence-electron chi connectivity index (χ1n) is 9.41. The van der Waals surface area contributed by atoms with Gasteiger partial charge in [0, 0.05) is 18.7 Å². The van der Waals surface area contributed by atoms with Gasteiger partial charge in [0.2, 0.25) is 10.0 Å². The zero-order valence-corrected chi connectivity index (χ0v) is 16.5. The Balaban J connectivity index is 1.59. The average molecular weight is 411 g/mol. The number of rotatable bonds is 5. The van der Waals surface area contributed by atoms with E-state index in [1.54, 1.807) is 28.9 Å². The predicted octanol–water partition coefficient (Wildman–Crippen LogP) is 2.69. The molecular weight excluding hydrogens is 390 g/mol. The van der Waals surface area contributed by atoms with Crippen LogP contribution >= 0.6 is 0 Å². The van der Waals surface area contributed by atoms with Crippen LogP contribution in [0, 0.1) is 0 Å². The zero-order valence-electron chi connectivity index (χ0n) is 15.7. The molecule has 8 nitrogen and oxygen atoms in total. The van der Waals surface area contributed by atoms with Crippen molar-refractivity contribution in [3.8, 4) is 5.69 Å². The number of nitrogens with zero attached hydrogens (tertiary/aromatic N) is 4. The molecule has 0 spiro atoms. The first-order valence-corrected chi connectivity index (χ1v) is 10.9. The minimum absolute atomic E-state index is 0.136. The molecule has 1 aromatic heterocycles. The van der Waals surface area contributed by atoms with E-state index in [4.69, 9.17) is 0 Å². The lowest BCUT2D eigenvalue weighted by molar-refractivity contribution is 0.102. The van der Waals surface area contributed by atoms with Gasteiger partial charge in [-0.1, -0.05) is 24.6 Å². The Morgan fingerprint density at radius 1 is 1.00 bits per heavy atom. The van der Waals surface area contributed by atoms with E-state index in [2.05, 4.69) is 15.4 Å². The molecule has 3 aromatic rings. The molecule has 0 bridgehead atoms. The molecule has 1 fully saturated rings. The van der Waals surface area contributed by atoms with E-state index in [1.165, 1.54) is 29.1 Å². The monoisotopic (exact) mass is 411 g/mol. The first kappa shape index (κ1) is 19.3. The molecule has 2 heterocycles. The third-order valence-electron chi connectivity index (χ3n) is 4.87. The third-order valence-corrected chi connectivity index (χ3v) is 6.76. The number of carbonyl (C=O) groups is 1. The Morgan fingerprint density at radius 3 is 2.55 bits per heavy atom. The molecule has 1 saturated heterocycles. The van der Waals surface area contributed by atoms with E-state index >= 15 is 0 Å². The lowest BCUT2D eigenvalue weighted by atomic mass is 10.2. The topological polar surface area (TPSA) is 97.2 Å². The van der Waals surface area contributed by atoms with Gasteiger partial charge < -0.3 is 5.32 Å². The van der Waals surface area contributed by atoms with Gasteiger partial charge in [-0.3, -0.25) is 4.79 Å². The second-order valence-electron chi connectivity index (χ2n) is 6.80. The van der Waals surface area contributed by atoms with Crippen molar-refractivity contribution in [2.75, 3.05) is 18.4 Å². The standard InChI is InChI=1S/C20H21N5O3S/c26-20(23-18-9-2-3-10-19(18)25-15-21-14-22-25)16-7-6-8-17(13-16)29(27,28)24-11-4-1-5-12-24/h2-3,6-10,13-15H,1,4-5,11-12H2,(H,23,26). The number of nitrogens with one attached hydrogen (secondary N) is 1.